The predicted octanol–water partition coefficient (Wildman–Crippen LogP) is 2.74. The molecule has 164 valence electrons. The summed E-state index contributed by atoms with van der Waals surface area (Å²) in [5.74, 6) is -0.262. The van der Waals surface area contributed by atoms with Crippen molar-refractivity contribution in [2.24, 2.45) is 0 Å². The molecule has 0 radical (unpaired) electrons. The van der Waals surface area contributed by atoms with Gasteiger partial charge in [0.15, 0.2) is 0 Å². The molecule has 1 saturated heterocycles. The standard InChI is InChI=1S/C21H25N5O5/c1-12-8-14(11-26(12)20(28)31-21(2,3)4)23-17(27)19-25-24-18(30-19)15-9-13(10-22)6-7-16(15)29-5/h6-7,9,12,14H,8,11H2,1-5H3,(H,23,27)/t12-,14?/m1/s1. The Hall–Kier alpha value is -3.61. The van der Waals surface area contributed by atoms with Crippen LogP contribution in [0.5, 0.6) is 5.75 Å². The van der Waals surface area contributed by atoms with Crippen LogP contribution < -0.4 is 10.1 Å². The lowest BCUT2D eigenvalue weighted by atomic mass is 10.1. The number of ether oxygens (including phenoxy) is 2. The van der Waals surface area contributed by atoms with Gasteiger partial charge in [-0.2, -0.15) is 5.26 Å². The molecular formula is C21H25N5O5. The maximum atomic E-state index is 12.6. The molecule has 10 heteroatoms. The van der Waals surface area contributed by atoms with Crippen LogP contribution in [0.15, 0.2) is 22.6 Å². The number of carbonyl (C=O) groups is 2. The van der Waals surface area contributed by atoms with E-state index < -0.39 is 17.6 Å². The Morgan fingerprint density at radius 2 is 2.06 bits per heavy atom. The molecule has 1 fully saturated rings. The van der Waals surface area contributed by atoms with Gasteiger partial charge in [0.05, 0.1) is 24.3 Å². The number of nitrogens with one attached hydrogen (secondary N) is 1. The zero-order valence-corrected chi connectivity index (χ0v) is 18.1. The van der Waals surface area contributed by atoms with Gasteiger partial charge in [0.1, 0.15) is 11.4 Å². The third-order valence-corrected chi connectivity index (χ3v) is 4.72. The van der Waals surface area contributed by atoms with Gasteiger partial charge in [0, 0.05) is 18.6 Å². The van der Waals surface area contributed by atoms with E-state index >= 15 is 0 Å². The van der Waals surface area contributed by atoms with Crippen LogP contribution in [0.2, 0.25) is 0 Å². The van der Waals surface area contributed by atoms with Crippen molar-refractivity contribution in [1.82, 2.24) is 20.4 Å². The van der Waals surface area contributed by atoms with Crippen molar-refractivity contribution in [2.45, 2.75) is 51.8 Å². The van der Waals surface area contributed by atoms with Crippen LogP contribution in [0.3, 0.4) is 0 Å². The highest BCUT2D eigenvalue weighted by atomic mass is 16.6. The summed E-state index contributed by atoms with van der Waals surface area (Å²) in [7, 11) is 1.48. The number of rotatable bonds is 4. The number of hydrogen-bond donors (Lipinski definition) is 1. The molecule has 0 spiro atoms. The van der Waals surface area contributed by atoms with E-state index in [-0.39, 0.29) is 23.9 Å². The van der Waals surface area contributed by atoms with Gasteiger partial charge >= 0.3 is 17.9 Å². The number of hydrogen-bond acceptors (Lipinski definition) is 8. The van der Waals surface area contributed by atoms with Crippen LogP contribution in [-0.4, -0.2) is 58.4 Å². The number of likely N-dealkylation sites (tertiary alicyclic amines) is 1. The average molecular weight is 427 g/mol. The summed E-state index contributed by atoms with van der Waals surface area (Å²) >= 11 is 0. The molecule has 3 rings (SSSR count). The largest absolute Gasteiger partial charge is 0.496 e. The quantitative estimate of drug-likeness (QED) is 0.788. The molecule has 1 aliphatic rings. The Bertz CT molecular complexity index is 1020. The van der Waals surface area contributed by atoms with Crippen LogP contribution in [-0.2, 0) is 4.74 Å². The summed E-state index contributed by atoms with van der Waals surface area (Å²) in [6.45, 7) is 7.63. The Labute approximate surface area is 180 Å². The van der Waals surface area contributed by atoms with Crippen LogP contribution in [0.4, 0.5) is 4.79 Å². The Morgan fingerprint density at radius 1 is 1.32 bits per heavy atom. The first-order chi connectivity index (χ1) is 14.6. The van der Waals surface area contributed by atoms with Crippen LogP contribution in [0.25, 0.3) is 11.5 Å². The number of methoxy groups -OCH3 is 1. The molecule has 31 heavy (non-hydrogen) atoms. The second-order valence-electron chi connectivity index (χ2n) is 8.33. The van der Waals surface area contributed by atoms with E-state index in [1.165, 1.54) is 7.11 Å². The third-order valence-electron chi connectivity index (χ3n) is 4.72. The second kappa shape index (κ2) is 8.63. The van der Waals surface area contributed by atoms with E-state index in [4.69, 9.17) is 19.2 Å². The zero-order valence-electron chi connectivity index (χ0n) is 18.1. The SMILES string of the molecule is COc1ccc(C#N)cc1-c1nnc(C(=O)NC2C[C@@H](C)N(C(=O)OC(C)(C)C)C2)o1. The fourth-order valence-electron chi connectivity index (χ4n) is 3.33. The Balaban J connectivity index is 1.69. The number of aromatic nitrogens is 2. The number of nitrogens with zero attached hydrogens (tertiary/aromatic N) is 4. The van der Waals surface area contributed by atoms with Crippen molar-refractivity contribution in [3.8, 4) is 23.3 Å². The Kier molecular flexibility index (Phi) is 6.15. The number of carbonyl (C=O) groups excluding carboxylic acids is 2. The first kappa shape index (κ1) is 22.1. The molecule has 0 saturated carbocycles. The smallest absolute Gasteiger partial charge is 0.410 e. The number of benzene rings is 1. The highest BCUT2D eigenvalue weighted by molar-refractivity contribution is 5.90. The second-order valence-corrected chi connectivity index (χ2v) is 8.33. The van der Waals surface area contributed by atoms with Crippen LogP contribution in [0.1, 0.15) is 50.4 Å². The van der Waals surface area contributed by atoms with Gasteiger partial charge in [-0.15, -0.1) is 10.2 Å². The van der Waals surface area contributed by atoms with Gasteiger partial charge in [0.2, 0.25) is 0 Å². The molecule has 1 N–H and O–H groups in total. The molecule has 0 aliphatic carbocycles. The molecule has 2 aromatic rings. The minimum atomic E-state index is -0.595. The predicted molar refractivity (Wildman–Crippen MR) is 109 cm³/mol. The van der Waals surface area contributed by atoms with Crippen LogP contribution >= 0.6 is 0 Å². The van der Waals surface area contributed by atoms with Gasteiger partial charge in [0.25, 0.3) is 5.89 Å². The van der Waals surface area contributed by atoms with Gasteiger partial charge in [-0.3, -0.25) is 4.79 Å². The zero-order chi connectivity index (χ0) is 22.8. The first-order valence-corrected chi connectivity index (χ1v) is 9.83. The normalized spacial score (nSPS) is 18.4. The van der Waals surface area contributed by atoms with Crippen molar-refractivity contribution >= 4 is 12.0 Å². The topological polar surface area (TPSA) is 131 Å². The molecule has 2 amide bonds. The van der Waals surface area contributed by atoms with E-state index in [1.54, 1.807) is 43.9 Å². The lowest BCUT2D eigenvalue weighted by Crippen LogP contribution is -2.41. The van der Waals surface area contributed by atoms with Crippen molar-refractivity contribution in [3.05, 3.63) is 29.7 Å². The van der Waals surface area contributed by atoms with E-state index in [2.05, 4.69) is 15.5 Å². The van der Waals surface area contributed by atoms with Crippen molar-refractivity contribution in [2.75, 3.05) is 13.7 Å². The molecule has 10 nitrogen and oxygen atoms in total. The summed E-state index contributed by atoms with van der Waals surface area (Å²) in [6.07, 6.45) is 0.158. The van der Waals surface area contributed by atoms with Gasteiger partial charge < -0.3 is 24.1 Å². The van der Waals surface area contributed by atoms with E-state index in [0.29, 0.717) is 29.8 Å². The van der Waals surface area contributed by atoms with Crippen molar-refractivity contribution < 1.29 is 23.5 Å². The maximum Gasteiger partial charge on any atom is 0.410 e. The fraction of sp³-hybridized carbons (Fsp3) is 0.476. The van der Waals surface area contributed by atoms with Crippen molar-refractivity contribution in [1.29, 1.82) is 5.26 Å². The summed E-state index contributed by atoms with van der Waals surface area (Å²) in [5.41, 5.74) is 0.211. The molecule has 2 atom stereocenters. The lowest BCUT2D eigenvalue weighted by molar-refractivity contribution is 0.0235. The minimum Gasteiger partial charge on any atom is -0.496 e. The van der Waals surface area contributed by atoms with Gasteiger partial charge in [-0.05, 0) is 52.3 Å². The van der Waals surface area contributed by atoms with E-state index in [9.17, 15) is 9.59 Å². The molecule has 1 aliphatic heterocycles. The first-order valence-electron chi connectivity index (χ1n) is 9.83. The average Bonchev–Trinajstić information content (AvgIpc) is 3.33. The Morgan fingerprint density at radius 3 is 2.71 bits per heavy atom. The molecule has 2 heterocycles. The highest BCUT2D eigenvalue weighted by Crippen LogP contribution is 2.30. The van der Waals surface area contributed by atoms with Gasteiger partial charge in [-0.25, -0.2) is 4.79 Å². The minimum absolute atomic E-state index is 0.0641. The van der Waals surface area contributed by atoms with Crippen LogP contribution in [0, 0.1) is 11.3 Å². The molecular weight excluding hydrogens is 402 g/mol. The third kappa shape index (κ3) is 5.12. The number of nitriles is 1. The van der Waals surface area contributed by atoms with Gasteiger partial charge in [-0.1, -0.05) is 0 Å². The summed E-state index contributed by atoms with van der Waals surface area (Å²) < 4.78 is 16.2. The summed E-state index contributed by atoms with van der Waals surface area (Å²) in [5, 5.41) is 19.7. The van der Waals surface area contributed by atoms with E-state index in [1.807, 2.05) is 13.0 Å². The molecule has 1 unspecified atom stereocenters. The maximum absolute atomic E-state index is 12.6. The summed E-state index contributed by atoms with van der Waals surface area (Å²) in [6, 6.07) is 6.43. The highest BCUT2D eigenvalue weighted by Gasteiger charge is 2.36. The number of amides is 2. The lowest BCUT2D eigenvalue weighted by Gasteiger charge is -2.26. The fourth-order valence-corrected chi connectivity index (χ4v) is 3.33. The van der Waals surface area contributed by atoms with E-state index in [0.717, 1.165) is 0 Å². The molecule has 1 aromatic heterocycles. The molecule has 1 aromatic carbocycles. The monoisotopic (exact) mass is 427 g/mol. The summed E-state index contributed by atoms with van der Waals surface area (Å²) in [4.78, 5) is 26.6. The molecule has 0 bridgehead atoms. The van der Waals surface area contributed by atoms with Crippen molar-refractivity contribution in [3.63, 3.8) is 0 Å².